The van der Waals surface area contributed by atoms with Crippen molar-refractivity contribution in [2.45, 2.75) is 31.4 Å². The number of carbonyl (C=O) groups is 1. The number of carbonyl (C=O) groups excluding carboxylic acids is 1. The summed E-state index contributed by atoms with van der Waals surface area (Å²) in [5, 5.41) is 9.86. The Kier molecular flexibility index (Phi) is 6.56. The third-order valence-corrected chi connectivity index (χ3v) is 7.90. The Morgan fingerprint density at radius 1 is 1.09 bits per heavy atom. The molecular weight excluding hydrogens is 463 g/mol. The van der Waals surface area contributed by atoms with E-state index < -0.39 is 5.82 Å². The summed E-state index contributed by atoms with van der Waals surface area (Å²) < 4.78 is 14.5. The predicted octanol–water partition coefficient (Wildman–Crippen LogP) is 4.91. The highest BCUT2D eigenvalue weighted by molar-refractivity contribution is 7.18. The molecule has 3 heterocycles. The maximum Gasteiger partial charge on any atom is 0.264 e. The number of aliphatic hydroxyl groups excluding tert-OH is 1. The SMILES string of the molecule is [C-]#[N+]c1ccc(-c2cc(C(=O)N3CCC[C@@H](N)C3)sc2-c2ccc(N3CCC(O)C3)cc2)cc1F. The molecule has 2 saturated heterocycles. The summed E-state index contributed by atoms with van der Waals surface area (Å²) in [6.07, 6.45) is 2.25. The number of amides is 1. The number of likely N-dealkylation sites (tertiary alicyclic amines) is 1. The maximum absolute atomic E-state index is 14.5. The lowest BCUT2D eigenvalue weighted by atomic mass is 10.0. The first-order valence-electron chi connectivity index (χ1n) is 11.8. The second-order valence-corrected chi connectivity index (χ2v) is 10.3. The highest BCUT2D eigenvalue weighted by Crippen LogP contribution is 2.41. The lowest BCUT2D eigenvalue weighted by Gasteiger charge is -2.30. The van der Waals surface area contributed by atoms with Crippen molar-refractivity contribution >= 4 is 28.6 Å². The van der Waals surface area contributed by atoms with Crippen molar-refractivity contribution in [3.63, 3.8) is 0 Å². The molecule has 0 aliphatic carbocycles. The van der Waals surface area contributed by atoms with E-state index >= 15 is 0 Å². The molecule has 0 radical (unpaired) electrons. The Labute approximate surface area is 208 Å². The van der Waals surface area contributed by atoms with Crippen molar-refractivity contribution in [1.82, 2.24) is 4.90 Å². The van der Waals surface area contributed by atoms with Crippen molar-refractivity contribution < 1.29 is 14.3 Å². The van der Waals surface area contributed by atoms with Gasteiger partial charge in [0.05, 0.1) is 17.6 Å². The molecule has 35 heavy (non-hydrogen) atoms. The number of nitrogens with two attached hydrogens (primary N) is 1. The van der Waals surface area contributed by atoms with Crippen LogP contribution in [0.2, 0.25) is 0 Å². The fraction of sp³-hybridized carbons (Fsp3) is 0.333. The predicted molar refractivity (Wildman–Crippen MR) is 137 cm³/mol. The Bertz CT molecular complexity index is 1280. The van der Waals surface area contributed by atoms with Crippen LogP contribution in [0.4, 0.5) is 15.8 Å². The Morgan fingerprint density at radius 2 is 1.86 bits per heavy atom. The van der Waals surface area contributed by atoms with Crippen LogP contribution in [-0.2, 0) is 0 Å². The quantitative estimate of drug-likeness (QED) is 0.510. The molecule has 8 heteroatoms. The smallest absolute Gasteiger partial charge is 0.264 e. The first-order valence-corrected chi connectivity index (χ1v) is 12.6. The van der Waals surface area contributed by atoms with Gasteiger partial charge in [0.2, 0.25) is 5.69 Å². The van der Waals surface area contributed by atoms with Crippen LogP contribution in [0.1, 0.15) is 28.9 Å². The number of thiophene rings is 1. The second kappa shape index (κ2) is 9.78. The lowest BCUT2D eigenvalue weighted by Crippen LogP contribution is -2.45. The third kappa shape index (κ3) is 4.80. The second-order valence-electron chi connectivity index (χ2n) is 9.22. The molecule has 3 aromatic rings. The fourth-order valence-electron chi connectivity index (χ4n) is 4.84. The van der Waals surface area contributed by atoms with Gasteiger partial charge in [-0.15, -0.1) is 11.3 Å². The van der Waals surface area contributed by atoms with Gasteiger partial charge in [-0.3, -0.25) is 4.79 Å². The minimum atomic E-state index is -0.576. The van der Waals surface area contributed by atoms with E-state index in [1.54, 1.807) is 11.0 Å². The molecule has 6 nitrogen and oxygen atoms in total. The molecule has 2 atom stereocenters. The van der Waals surface area contributed by atoms with E-state index in [0.717, 1.165) is 47.5 Å². The molecule has 180 valence electrons. The van der Waals surface area contributed by atoms with Crippen LogP contribution in [0.25, 0.3) is 26.4 Å². The van der Waals surface area contributed by atoms with E-state index in [9.17, 15) is 14.3 Å². The van der Waals surface area contributed by atoms with Crippen molar-refractivity contribution in [3.8, 4) is 21.6 Å². The molecule has 0 spiro atoms. The normalized spacial score (nSPS) is 20.2. The number of β-amino-alcohol motifs (C(OH)–C–C–N with tert-alkyl or cyclic N) is 1. The van der Waals surface area contributed by atoms with Crippen molar-refractivity contribution in [2.24, 2.45) is 5.73 Å². The van der Waals surface area contributed by atoms with Crippen LogP contribution in [-0.4, -0.2) is 54.2 Å². The summed E-state index contributed by atoms with van der Waals surface area (Å²) >= 11 is 1.40. The minimum absolute atomic E-state index is 0.0153. The number of piperidine rings is 1. The number of halogens is 1. The molecule has 3 N–H and O–H groups in total. The molecule has 5 rings (SSSR count). The summed E-state index contributed by atoms with van der Waals surface area (Å²) in [6.45, 7) is 9.78. The zero-order valence-corrected chi connectivity index (χ0v) is 20.1. The van der Waals surface area contributed by atoms with Crippen LogP contribution in [0.15, 0.2) is 48.5 Å². The van der Waals surface area contributed by atoms with Gasteiger partial charge in [-0.05, 0) is 54.7 Å². The molecule has 2 fully saturated rings. The van der Waals surface area contributed by atoms with Gasteiger partial charge in [-0.2, -0.15) is 0 Å². The van der Waals surface area contributed by atoms with Gasteiger partial charge in [-0.25, -0.2) is 9.24 Å². The molecule has 2 aliphatic rings. The van der Waals surface area contributed by atoms with E-state index in [1.165, 1.54) is 23.5 Å². The Hall–Kier alpha value is -3.25. The van der Waals surface area contributed by atoms with Crippen LogP contribution >= 0.6 is 11.3 Å². The van der Waals surface area contributed by atoms with E-state index in [1.807, 2.05) is 30.3 Å². The largest absolute Gasteiger partial charge is 0.391 e. The number of rotatable bonds is 4. The summed E-state index contributed by atoms with van der Waals surface area (Å²) in [5.41, 5.74) is 9.43. The minimum Gasteiger partial charge on any atom is -0.391 e. The maximum atomic E-state index is 14.5. The van der Waals surface area contributed by atoms with Gasteiger partial charge in [-0.1, -0.05) is 24.3 Å². The highest BCUT2D eigenvalue weighted by Gasteiger charge is 2.26. The summed E-state index contributed by atoms with van der Waals surface area (Å²) in [4.78, 5) is 22.0. The fourth-order valence-corrected chi connectivity index (χ4v) is 5.99. The first-order chi connectivity index (χ1) is 16.9. The third-order valence-electron chi connectivity index (χ3n) is 6.73. The van der Waals surface area contributed by atoms with E-state index in [2.05, 4.69) is 9.74 Å². The number of anilines is 1. The average molecular weight is 491 g/mol. The van der Waals surface area contributed by atoms with Crippen LogP contribution in [0.3, 0.4) is 0 Å². The molecule has 1 aromatic heterocycles. The molecule has 2 aromatic carbocycles. The highest BCUT2D eigenvalue weighted by atomic mass is 32.1. The molecule has 1 unspecified atom stereocenters. The molecule has 0 bridgehead atoms. The number of benzene rings is 2. The number of nitrogens with zero attached hydrogens (tertiary/aromatic N) is 3. The van der Waals surface area contributed by atoms with Gasteiger partial charge in [0, 0.05) is 48.3 Å². The van der Waals surface area contributed by atoms with Crippen LogP contribution in [0, 0.1) is 12.4 Å². The number of hydrogen-bond acceptors (Lipinski definition) is 5. The first kappa shape index (κ1) is 23.5. The van der Waals surface area contributed by atoms with Crippen molar-refractivity contribution in [1.29, 1.82) is 0 Å². The van der Waals surface area contributed by atoms with E-state index in [-0.39, 0.29) is 23.7 Å². The molecule has 0 saturated carbocycles. The molecule has 1 amide bonds. The number of aliphatic hydroxyl groups is 1. The Balaban J connectivity index is 1.53. The number of hydrogen-bond donors (Lipinski definition) is 2. The van der Waals surface area contributed by atoms with Gasteiger partial charge in [0.25, 0.3) is 5.91 Å². The van der Waals surface area contributed by atoms with Crippen LogP contribution < -0.4 is 10.6 Å². The lowest BCUT2D eigenvalue weighted by molar-refractivity contribution is 0.0713. The molecule has 2 aliphatic heterocycles. The van der Waals surface area contributed by atoms with Gasteiger partial charge in [0.15, 0.2) is 0 Å². The van der Waals surface area contributed by atoms with E-state index in [0.29, 0.717) is 30.1 Å². The van der Waals surface area contributed by atoms with Crippen molar-refractivity contribution in [2.75, 3.05) is 31.1 Å². The average Bonchev–Trinajstić information content (AvgIpc) is 3.50. The van der Waals surface area contributed by atoms with Gasteiger partial charge < -0.3 is 20.6 Å². The summed E-state index contributed by atoms with van der Waals surface area (Å²) in [6, 6.07) is 14.4. The van der Waals surface area contributed by atoms with Crippen molar-refractivity contribution in [3.05, 3.63) is 70.6 Å². The zero-order chi connectivity index (χ0) is 24.5. The van der Waals surface area contributed by atoms with Crippen LogP contribution in [0.5, 0.6) is 0 Å². The topological polar surface area (TPSA) is 74.2 Å². The summed E-state index contributed by atoms with van der Waals surface area (Å²) in [5.74, 6) is -0.633. The monoisotopic (exact) mass is 490 g/mol. The Morgan fingerprint density at radius 3 is 2.51 bits per heavy atom. The summed E-state index contributed by atoms with van der Waals surface area (Å²) in [7, 11) is 0. The van der Waals surface area contributed by atoms with E-state index in [4.69, 9.17) is 12.3 Å². The standard InChI is InChI=1S/C27H27FN4O2S/c1-30-24-9-6-18(13-23(24)28)22-14-25(27(34)32-11-2-3-19(29)15-32)35-26(22)17-4-7-20(8-5-17)31-12-10-21(33)16-31/h4-9,13-14,19,21,33H,2-3,10-12,15-16,29H2/t19-,21?/m1/s1. The van der Waals surface area contributed by atoms with Gasteiger partial charge >= 0.3 is 0 Å². The van der Waals surface area contributed by atoms with Gasteiger partial charge in [0.1, 0.15) is 5.82 Å². The zero-order valence-electron chi connectivity index (χ0n) is 19.3. The molecular formula is C27H27FN4O2S.